The average Bonchev–Trinajstić information content (AvgIpc) is 3.16. The monoisotopic (exact) mass is 460 g/mol. The predicted octanol–water partition coefficient (Wildman–Crippen LogP) is 5.37. The van der Waals surface area contributed by atoms with Crippen molar-refractivity contribution in [3.63, 3.8) is 0 Å². The fourth-order valence-electron chi connectivity index (χ4n) is 3.63. The zero-order valence-electron chi connectivity index (χ0n) is 17.7. The van der Waals surface area contributed by atoms with Crippen molar-refractivity contribution in [1.82, 2.24) is 19.9 Å². The highest BCUT2D eigenvalue weighted by molar-refractivity contribution is 7.85. The molecule has 0 aliphatic carbocycles. The van der Waals surface area contributed by atoms with E-state index in [1.54, 1.807) is 17.6 Å². The number of thiophene rings is 1. The fraction of sp³-hybridized carbons (Fsp3) is 0.130. The summed E-state index contributed by atoms with van der Waals surface area (Å²) >= 11 is 1.59. The van der Waals surface area contributed by atoms with Crippen molar-refractivity contribution in [3.8, 4) is 11.1 Å². The molecule has 9 heteroatoms. The van der Waals surface area contributed by atoms with Gasteiger partial charge < -0.3 is 10.0 Å². The van der Waals surface area contributed by atoms with Gasteiger partial charge in [-0.15, -0.1) is 11.3 Å². The highest BCUT2D eigenvalue weighted by Crippen LogP contribution is 2.34. The topological polar surface area (TPSA) is 92.7 Å². The van der Waals surface area contributed by atoms with Gasteiger partial charge in [-0.3, -0.25) is 0 Å². The van der Waals surface area contributed by atoms with Crippen LogP contribution < -0.4 is 10.0 Å². The van der Waals surface area contributed by atoms with E-state index in [0.29, 0.717) is 17.4 Å². The molecule has 0 aliphatic rings. The minimum Gasteiger partial charge on any atom is -0.309 e. The van der Waals surface area contributed by atoms with E-state index in [2.05, 4.69) is 43.4 Å². The molecule has 0 saturated carbocycles. The quantitative estimate of drug-likeness (QED) is 0.366. The molecule has 0 saturated heterocycles. The zero-order valence-corrected chi connectivity index (χ0v) is 19.3. The van der Waals surface area contributed by atoms with Crippen LogP contribution >= 0.6 is 11.3 Å². The number of anilines is 3. The van der Waals surface area contributed by atoms with Gasteiger partial charge in [0.15, 0.2) is 5.65 Å². The molecule has 0 bridgehead atoms. The molecule has 5 rings (SSSR count). The minimum absolute atomic E-state index is 0.470. The number of hydrogen-bond donors (Lipinski definition) is 2. The molecule has 32 heavy (non-hydrogen) atoms. The fourth-order valence-corrected chi connectivity index (χ4v) is 4.96. The molecule has 0 aliphatic heterocycles. The van der Waals surface area contributed by atoms with Crippen molar-refractivity contribution in [2.45, 2.75) is 13.8 Å². The molecule has 0 amide bonds. The first-order chi connectivity index (χ1) is 15.5. The summed E-state index contributed by atoms with van der Waals surface area (Å²) in [6.45, 7) is 4.02. The van der Waals surface area contributed by atoms with Crippen LogP contribution in [0.4, 0.5) is 17.5 Å². The van der Waals surface area contributed by atoms with Crippen molar-refractivity contribution < 1.29 is 4.21 Å². The van der Waals surface area contributed by atoms with E-state index in [-0.39, 0.29) is 0 Å². The lowest BCUT2D eigenvalue weighted by molar-refractivity contribution is 0.690. The van der Waals surface area contributed by atoms with Crippen LogP contribution in [0.5, 0.6) is 0 Å². The first-order valence-electron chi connectivity index (χ1n) is 9.93. The van der Waals surface area contributed by atoms with Crippen molar-refractivity contribution >= 4 is 61.0 Å². The maximum absolute atomic E-state index is 11.5. The molecule has 1 aromatic carbocycles. The van der Waals surface area contributed by atoms with Gasteiger partial charge in [-0.25, -0.2) is 24.1 Å². The average molecular weight is 461 g/mol. The van der Waals surface area contributed by atoms with E-state index >= 15 is 0 Å². The SMILES string of the molecule is Cc1cc(C)c2ccc(Nc3ncc4scc(-c5cccc(NS(C)=O)c5)c4n3)nc2n1. The van der Waals surface area contributed by atoms with Gasteiger partial charge in [0.1, 0.15) is 16.8 Å². The van der Waals surface area contributed by atoms with Crippen LogP contribution in [0, 0.1) is 13.8 Å². The Bertz CT molecular complexity index is 1500. The molecule has 5 aromatic rings. The van der Waals surface area contributed by atoms with Gasteiger partial charge in [0.2, 0.25) is 5.95 Å². The molecular formula is C23H20N6OS2. The van der Waals surface area contributed by atoms with Crippen LogP contribution in [0.1, 0.15) is 11.3 Å². The maximum Gasteiger partial charge on any atom is 0.228 e. The summed E-state index contributed by atoms with van der Waals surface area (Å²) in [7, 11) is -1.13. The Morgan fingerprint density at radius 2 is 1.91 bits per heavy atom. The number of fused-ring (bicyclic) bond motifs is 2. The molecule has 4 heterocycles. The van der Waals surface area contributed by atoms with Gasteiger partial charge in [-0.1, -0.05) is 12.1 Å². The lowest BCUT2D eigenvalue weighted by atomic mass is 10.1. The Balaban J connectivity index is 1.50. The van der Waals surface area contributed by atoms with Gasteiger partial charge in [0.25, 0.3) is 0 Å². The maximum atomic E-state index is 11.5. The van der Waals surface area contributed by atoms with Gasteiger partial charge in [-0.2, -0.15) is 0 Å². The molecule has 4 aromatic heterocycles. The van der Waals surface area contributed by atoms with E-state index < -0.39 is 11.0 Å². The summed E-state index contributed by atoms with van der Waals surface area (Å²) in [5.41, 5.74) is 6.43. The molecule has 0 fully saturated rings. The van der Waals surface area contributed by atoms with Crippen LogP contribution in [0.2, 0.25) is 0 Å². The Hall–Kier alpha value is -3.43. The van der Waals surface area contributed by atoms with Gasteiger partial charge >= 0.3 is 0 Å². The first kappa shape index (κ1) is 20.5. The first-order valence-corrected chi connectivity index (χ1v) is 12.4. The third-order valence-electron chi connectivity index (χ3n) is 5.00. The van der Waals surface area contributed by atoms with E-state index in [1.165, 1.54) is 0 Å². The molecular weight excluding hydrogens is 440 g/mol. The highest BCUT2D eigenvalue weighted by atomic mass is 32.2. The summed E-state index contributed by atoms with van der Waals surface area (Å²) < 4.78 is 15.4. The number of nitrogens with one attached hydrogen (secondary N) is 2. The lowest BCUT2D eigenvalue weighted by Crippen LogP contribution is -2.01. The van der Waals surface area contributed by atoms with E-state index in [4.69, 9.17) is 4.98 Å². The number of benzene rings is 1. The van der Waals surface area contributed by atoms with Crippen molar-refractivity contribution in [3.05, 3.63) is 65.3 Å². The Labute approximate surface area is 191 Å². The second-order valence-corrected chi connectivity index (χ2v) is 9.49. The number of hydrogen-bond acceptors (Lipinski definition) is 7. The van der Waals surface area contributed by atoms with E-state index in [0.717, 1.165) is 43.7 Å². The standard InChI is InChI=1S/C23H20N6OS2/c1-13-9-14(2)25-22-17(13)7-8-20(26-22)27-23-24-11-19-21(28-23)18(12-31-19)15-5-4-6-16(10-15)29-32(3)30/h4-12,29H,1-3H3,(H,24,25,26,27,28). The number of nitrogens with zero attached hydrogens (tertiary/aromatic N) is 4. The van der Waals surface area contributed by atoms with Crippen LogP contribution in [0.25, 0.3) is 32.4 Å². The summed E-state index contributed by atoms with van der Waals surface area (Å²) in [6, 6.07) is 13.8. The lowest BCUT2D eigenvalue weighted by Gasteiger charge is -2.08. The third kappa shape index (κ3) is 4.04. The zero-order chi connectivity index (χ0) is 22.2. The Morgan fingerprint density at radius 3 is 2.75 bits per heavy atom. The van der Waals surface area contributed by atoms with Crippen molar-refractivity contribution in [2.75, 3.05) is 16.3 Å². The normalized spacial score (nSPS) is 12.2. The van der Waals surface area contributed by atoms with E-state index in [9.17, 15) is 4.21 Å². The van der Waals surface area contributed by atoms with Crippen molar-refractivity contribution in [1.29, 1.82) is 0 Å². The smallest absolute Gasteiger partial charge is 0.228 e. The number of rotatable bonds is 5. The van der Waals surface area contributed by atoms with Crippen molar-refractivity contribution in [2.24, 2.45) is 0 Å². The second kappa shape index (κ2) is 8.25. The number of aryl methyl sites for hydroxylation is 2. The highest BCUT2D eigenvalue weighted by Gasteiger charge is 2.12. The van der Waals surface area contributed by atoms with Gasteiger partial charge in [0, 0.05) is 34.0 Å². The molecule has 2 N–H and O–H groups in total. The summed E-state index contributed by atoms with van der Waals surface area (Å²) in [5.74, 6) is 1.11. The minimum atomic E-state index is -1.13. The molecule has 7 nitrogen and oxygen atoms in total. The number of aromatic nitrogens is 4. The van der Waals surface area contributed by atoms with Gasteiger partial charge in [-0.05, 0) is 55.3 Å². The second-order valence-electron chi connectivity index (χ2n) is 7.47. The van der Waals surface area contributed by atoms with Crippen LogP contribution in [-0.4, -0.2) is 30.4 Å². The van der Waals surface area contributed by atoms with Crippen LogP contribution in [0.15, 0.2) is 54.0 Å². The van der Waals surface area contributed by atoms with Crippen LogP contribution in [0.3, 0.4) is 0 Å². The Kier molecular flexibility index (Phi) is 5.28. The summed E-state index contributed by atoms with van der Waals surface area (Å²) in [6.07, 6.45) is 3.42. The van der Waals surface area contributed by atoms with Crippen LogP contribution in [-0.2, 0) is 11.0 Å². The predicted molar refractivity (Wildman–Crippen MR) is 133 cm³/mol. The molecule has 0 radical (unpaired) electrons. The molecule has 1 atom stereocenters. The van der Waals surface area contributed by atoms with Gasteiger partial charge in [0.05, 0.1) is 16.4 Å². The van der Waals surface area contributed by atoms with E-state index in [1.807, 2.05) is 49.5 Å². The summed E-state index contributed by atoms with van der Waals surface area (Å²) in [4.78, 5) is 18.4. The molecule has 1 unspecified atom stereocenters. The summed E-state index contributed by atoms with van der Waals surface area (Å²) in [5, 5.41) is 6.30. The largest absolute Gasteiger partial charge is 0.309 e. The Morgan fingerprint density at radius 1 is 1.03 bits per heavy atom. The third-order valence-corrected chi connectivity index (χ3v) is 6.43. The number of pyridine rings is 2. The molecule has 0 spiro atoms. The molecule has 160 valence electrons.